The van der Waals surface area contributed by atoms with Crippen molar-refractivity contribution in [3.05, 3.63) is 58.4 Å². The molecule has 4 nitrogen and oxygen atoms in total. The molecule has 2 aromatic heterocycles. The number of amides is 1. The normalized spacial score (nSPS) is 12.4. The van der Waals surface area contributed by atoms with E-state index in [0.717, 1.165) is 16.5 Å². The predicted octanol–water partition coefficient (Wildman–Crippen LogP) is 2.69. The molecule has 2 heterocycles. The van der Waals surface area contributed by atoms with Crippen LogP contribution in [0.2, 0.25) is 0 Å². The quantitative estimate of drug-likeness (QED) is 0.690. The predicted molar refractivity (Wildman–Crippen MR) is 79.9 cm³/mol. The number of para-hydroxylation sites is 1. The van der Waals surface area contributed by atoms with E-state index in [-0.39, 0.29) is 12.5 Å². The van der Waals surface area contributed by atoms with Crippen molar-refractivity contribution in [3.63, 3.8) is 0 Å². The number of H-pyrrole nitrogens is 1. The van der Waals surface area contributed by atoms with E-state index in [1.54, 1.807) is 6.07 Å². The molecular weight excluding hydrogens is 272 g/mol. The number of thiophene rings is 1. The third-order valence-electron chi connectivity index (χ3n) is 3.22. The van der Waals surface area contributed by atoms with Crippen LogP contribution in [0.1, 0.15) is 22.0 Å². The molecule has 0 spiro atoms. The molecule has 0 bridgehead atoms. The number of hydrogen-bond acceptors (Lipinski definition) is 3. The summed E-state index contributed by atoms with van der Waals surface area (Å²) in [4.78, 5) is 15.3. The highest BCUT2D eigenvalue weighted by Gasteiger charge is 2.13. The van der Waals surface area contributed by atoms with Crippen molar-refractivity contribution in [2.24, 2.45) is 0 Å². The van der Waals surface area contributed by atoms with Gasteiger partial charge in [0.1, 0.15) is 0 Å². The van der Waals surface area contributed by atoms with Gasteiger partial charge in [0, 0.05) is 18.1 Å². The van der Waals surface area contributed by atoms with Gasteiger partial charge in [-0.15, -0.1) is 0 Å². The summed E-state index contributed by atoms with van der Waals surface area (Å²) < 4.78 is 0. The fourth-order valence-corrected chi connectivity index (χ4v) is 2.85. The number of fused-ring (bicyclic) bond motifs is 1. The Kier molecular flexibility index (Phi) is 3.54. The summed E-state index contributed by atoms with van der Waals surface area (Å²) in [6.07, 6.45) is 1.13. The summed E-state index contributed by atoms with van der Waals surface area (Å²) in [6, 6.07) is 9.34. The van der Waals surface area contributed by atoms with E-state index >= 15 is 0 Å². The maximum absolute atomic E-state index is 12.2. The lowest BCUT2D eigenvalue weighted by atomic mass is 10.1. The minimum absolute atomic E-state index is 0.188. The zero-order valence-electron chi connectivity index (χ0n) is 10.7. The second-order valence-corrected chi connectivity index (χ2v) is 5.31. The standard InChI is InChI=1S/C15H14N2O2S/c18-13(11-5-7-20-9-11)8-17-15(19)12-3-1-2-10-4-6-16-14(10)12/h1-7,9,13,16,18H,8H2,(H,17,19). The van der Waals surface area contributed by atoms with Crippen molar-refractivity contribution >= 4 is 28.1 Å². The van der Waals surface area contributed by atoms with E-state index in [1.165, 1.54) is 11.3 Å². The van der Waals surface area contributed by atoms with Crippen molar-refractivity contribution in [2.45, 2.75) is 6.10 Å². The molecule has 3 rings (SSSR count). The molecule has 0 radical (unpaired) electrons. The molecule has 1 amide bonds. The third-order valence-corrected chi connectivity index (χ3v) is 3.92. The van der Waals surface area contributed by atoms with Crippen LogP contribution >= 0.6 is 11.3 Å². The number of carbonyl (C=O) groups is 1. The number of aliphatic hydroxyl groups excluding tert-OH is 1. The summed E-state index contributed by atoms with van der Waals surface area (Å²) in [5.74, 6) is -0.188. The highest BCUT2D eigenvalue weighted by molar-refractivity contribution is 7.07. The van der Waals surface area contributed by atoms with Crippen LogP contribution in [0, 0.1) is 0 Å². The maximum atomic E-state index is 12.2. The van der Waals surface area contributed by atoms with E-state index < -0.39 is 6.10 Å². The second-order valence-electron chi connectivity index (χ2n) is 4.53. The first kappa shape index (κ1) is 12.9. The Morgan fingerprint density at radius 3 is 3.05 bits per heavy atom. The number of aromatic amines is 1. The summed E-state index contributed by atoms with van der Waals surface area (Å²) in [6.45, 7) is 0.201. The Balaban J connectivity index is 1.72. The zero-order chi connectivity index (χ0) is 13.9. The number of aliphatic hydroxyl groups is 1. The fourth-order valence-electron chi connectivity index (χ4n) is 2.14. The molecule has 0 aliphatic heterocycles. The van der Waals surface area contributed by atoms with Gasteiger partial charge in [-0.3, -0.25) is 4.79 Å². The number of aromatic nitrogens is 1. The monoisotopic (exact) mass is 286 g/mol. The van der Waals surface area contributed by atoms with Gasteiger partial charge in [0.15, 0.2) is 0 Å². The molecule has 0 fully saturated rings. The lowest BCUT2D eigenvalue weighted by molar-refractivity contribution is 0.0918. The van der Waals surface area contributed by atoms with Gasteiger partial charge in [-0.2, -0.15) is 11.3 Å². The van der Waals surface area contributed by atoms with Crippen LogP contribution in [-0.2, 0) is 0 Å². The van der Waals surface area contributed by atoms with E-state index in [2.05, 4.69) is 10.3 Å². The van der Waals surface area contributed by atoms with Gasteiger partial charge in [0.2, 0.25) is 0 Å². The molecule has 0 saturated carbocycles. The third kappa shape index (κ3) is 2.45. The Bertz CT molecular complexity index is 718. The molecule has 5 heteroatoms. The Morgan fingerprint density at radius 1 is 1.35 bits per heavy atom. The molecule has 3 N–H and O–H groups in total. The molecule has 102 valence electrons. The maximum Gasteiger partial charge on any atom is 0.253 e. The van der Waals surface area contributed by atoms with Gasteiger partial charge in [0.25, 0.3) is 5.91 Å². The number of hydrogen-bond donors (Lipinski definition) is 3. The number of nitrogens with one attached hydrogen (secondary N) is 2. The van der Waals surface area contributed by atoms with E-state index in [4.69, 9.17) is 0 Å². The van der Waals surface area contributed by atoms with Crippen LogP contribution in [0.25, 0.3) is 10.9 Å². The van der Waals surface area contributed by atoms with Gasteiger partial charge < -0.3 is 15.4 Å². The molecule has 0 saturated heterocycles. The van der Waals surface area contributed by atoms with Gasteiger partial charge in [-0.1, -0.05) is 12.1 Å². The average Bonchev–Trinajstić information content (AvgIpc) is 3.13. The summed E-state index contributed by atoms with van der Waals surface area (Å²) in [5, 5.41) is 17.5. The van der Waals surface area contributed by atoms with Crippen molar-refractivity contribution in [1.29, 1.82) is 0 Å². The first-order chi connectivity index (χ1) is 9.75. The second kappa shape index (κ2) is 5.48. The highest BCUT2D eigenvalue weighted by atomic mass is 32.1. The number of rotatable bonds is 4. The Morgan fingerprint density at radius 2 is 2.25 bits per heavy atom. The van der Waals surface area contributed by atoms with E-state index in [9.17, 15) is 9.90 Å². The number of carbonyl (C=O) groups excluding carboxylic acids is 1. The molecule has 20 heavy (non-hydrogen) atoms. The van der Waals surface area contributed by atoms with Crippen LogP contribution in [0.4, 0.5) is 0 Å². The molecular formula is C15H14N2O2S. The van der Waals surface area contributed by atoms with E-state index in [1.807, 2.05) is 41.2 Å². The fraction of sp³-hybridized carbons (Fsp3) is 0.133. The van der Waals surface area contributed by atoms with Crippen LogP contribution in [0.5, 0.6) is 0 Å². The molecule has 1 aromatic carbocycles. The van der Waals surface area contributed by atoms with Gasteiger partial charge in [-0.05, 0) is 34.5 Å². The summed E-state index contributed by atoms with van der Waals surface area (Å²) in [7, 11) is 0. The van der Waals surface area contributed by atoms with Crippen LogP contribution in [0.3, 0.4) is 0 Å². The average molecular weight is 286 g/mol. The van der Waals surface area contributed by atoms with Crippen LogP contribution in [0.15, 0.2) is 47.3 Å². The largest absolute Gasteiger partial charge is 0.387 e. The minimum Gasteiger partial charge on any atom is -0.387 e. The van der Waals surface area contributed by atoms with Crippen LogP contribution < -0.4 is 5.32 Å². The molecule has 3 aromatic rings. The lowest BCUT2D eigenvalue weighted by Crippen LogP contribution is -2.28. The highest BCUT2D eigenvalue weighted by Crippen LogP contribution is 2.18. The van der Waals surface area contributed by atoms with Crippen molar-refractivity contribution in [2.75, 3.05) is 6.54 Å². The molecule has 1 unspecified atom stereocenters. The first-order valence-corrected chi connectivity index (χ1v) is 7.24. The van der Waals surface area contributed by atoms with Gasteiger partial charge in [0.05, 0.1) is 17.2 Å². The molecule has 0 aliphatic carbocycles. The Hall–Kier alpha value is -2.11. The first-order valence-electron chi connectivity index (χ1n) is 6.30. The zero-order valence-corrected chi connectivity index (χ0v) is 11.5. The summed E-state index contributed by atoms with van der Waals surface area (Å²) in [5.41, 5.74) is 2.23. The smallest absolute Gasteiger partial charge is 0.253 e. The lowest BCUT2D eigenvalue weighted by Gasteiger charge is -2.11. The van der Waals surface area contributed by atoms with Crippen molar-refractivity contribution in [3.8, 4) is 0 Å². The van der Waals surface area contributed by atoms with Crippen molar-refractivity contribution in [1.82, 2.24) is 10.3 Å². The number of benzene rings is 1. The van der Waals surface area contributed by atoms with Gasteiger partial charge in [-0.25, -0.2) is 0 Å². The van der Waals surface area contributed by atoms with E-state index in [0.29, 0.717) is 5.56 Å². The molecule has 1 atom stereocenters. The topological polar surface area (TPSA) is 65.1 Å². The van der Waals surface area contributed by atoms with Crippen molar-refractivity contribution < 1.29 is 9.90 Å². The summed E-state index contributed by atoms with van der Waals surface area (Å²) >= 11 is 1.52. The molecule has 0 aliphatic rings. The van der Waals surface area contributed by atoms with Gasteiger partial charge >= 0.3 is 0 Å². The van der Waals surface area contributed by atoms with Crippen LogP contribution in [-0.4, -0.2) is 22.5 Å². The SMILES string of the molecule is O=C(NCC(O)c1ccsc1)c1cccc2cc[nH]c12. The minimum atomic E-state index is -0.673. The Labute approximate surface area is 120 Å².